The van der Waals surface area contributed by atoms with E-state index in [4.69, 9.17) is 4.74 Å². The van der Waals surface area contributed by atoms with Gasteiger partial charge in [0.25, 0.3) is 11.8 Å². The van der Waals surface area contributed by atoms with Crippen LogP contribution in [0.2, 0.25) is 0 Å². The molecule has 1 aromatic heterocycles. The molecule has 9 heteroatoms. The predicted octanol–water partition coefficient (Wildman–Crippen LogP) is 2.45. The third-order valence-corrected chi connectivity index (χ3v) is 9.10. The average Bonchev–Trinajstić information content (AvgIpc) is 3.07. The number of carbonyl (C=O) groups excluding carboxylic acids is 3. The number of aromatic nitrogens is 2. The minimum absolute atomic E-state index is 0.00118. The summed E-state index contributed by atoms with van der Waals surface area (Å²) in [7, 11) is 1.71. The van der Waals surface area contributed by atoms with E-state index >= 15 is 0 Å². The number of ether oxygens (including phenoxy) is 1. The molecular formula is C26H31N5O4. The topological polar surface area (TPSA) is 114 Å². The van der Waals surface area contributed by atoms with Crippen molar-refractivity contribution in [1.29, 1.82) is 0 Å². The zero-order valence-corrected chi connectivity index (χ0v) is 20.3. The van der Waals surface area contributed by atoms with Gasteiger partial charge in [0.05, 0.1) is 5.41 Å². The van der Waals surface area contributed by atoms with E-state index in [0.29, 0.717) is 49.3 Å². The van der Waals surface area contributed by atoms with Gasteiger partial charge in [0.1, 0.15) is 11.2 Å². The summed E-state index contributed by atoms with van der Waals surface area (Å²) in [6.45, 7) is 5.49. The van der Waals surface area contributed by atoms with Gasteiger partial charge in [-0.15, -0.1) is 0 Å². The number of nitrogens with zero attached hydrogens (tertiary/aromatic N) is 2. The molecule has 5 atom stereocenters. The van der Waals surface area contributed by atoms with Crippen molar-refractivity contribution in [2.75, 3.05) is 23.8 Å². The second-order valence-corrected chi connectivity index (χ2v) is 10.7. The summed E-state index contributed by atoms with van der Waals surface area (Å²) >= 11 is 0. The van der Waals surface area contributed by atoms with E-state index in [1.54, 1.807) is 19.3 Å². The summed E-state index contributed by atoms with van der Waals surface area (Å²) in [6.07, 6.45) is 3.78. The number of hydrogen-bond donors (Lipinski definition) is 3. The molecule has 1 aromatic carbocycles. The molecule has 184 valence electrons. The molecule has 3 heterocycles. The van der Waals surface area contributed by atoms with E-state index in [1.165, 1.54) is 4.68 Å². The molecule has 3 fully saturated rings. The number of hydrogen-bond acceptors (Lipinski definition) is 5. The van der Waals surface area contributed by atoms with Gasteiger partial charge >= 0.3 is 0 Å². The summed E-state index contributed by atoms with van der Waals surface area (Å²) in [6, 6.07) is 7.28. The number of benzene rings is 1. The number of aryl methyl sites for hydroxylation is 1. The van der Waals surface area contributed by atoms with Crippen molar-refractivity contribution in [3.63, 3.8) is 0 Å². The van der Waals surface area contributed by atoms with Gasteiger partial charge in [0.2, 0.25) is 5.91 Å². The van der Waals surface area contributed by atoms with Gasteiger partial charge in [-0.05, 0) is 66.7 Å². The lowest BCUT2D eigenvalue weighted by Gasteiger charge is -2.31. The Morgan fingerprint density at radius 1 is 1.20 bits per heavy atom. The van der Waals surface area contributed by atoms with E-state index in [2.05, 4.69) is 34.9 Å². The Morgan fingerprint density at radius 3 is 2.63 bits per heavy atom. The van der Waals surface area contributed by atoms with Gasteiger partial charge in [-0.3, -0.25) is 19.1 Å². The molecule has 1 saturated heterocycles. The van der Waals surface area contributed by atoms with E-state index in [1.807, 2.05) is 18.2 Å². The van der Waals surface area contributed by atoms with Crippen molar-refractivity contribution in [3.8, 4) is 0 Å². The Balaban J connectivity index is 1.27. The lowest BCUT2D eigenvalue weighted by molar-refractivity contribution is -0.124. The standard InChI is InChI=1S/C26H31N5O4/c1-14-12-18-21(15(14)2)26(18,30-22(32)20-6-9-27-31(20)3)24(34)28-16-4-5-17-19(13-16)29-23(33)25(17)7-10-35-11-8-25/h4-6,9,13-15,18,21H,7-8,10-12H2,1-3H3,(H,28,34)(H,29,33)(H,30,32). The lowest BCUT2D eigenvalue weighted by Crippen LogP contribution is -2.51. The van der Waals surface area contributed by atoms with E-state index in [-0.39, 0.29) is 29.6 Å². The normalized spacial score (nSPS) is 32.0. The molecule has 35 heavy (non-hydrogen) atoms. The summed E-state index contributed by atoms with van der Waals surface area (Å²) in [5.74, 6) is 0.525. The highest BCUT2D eigenvalue weighted by atomic mass is 16.5. The smallest absolute Gasteiger partial charge is 0.270 e. The molecule has 3 amide bonds. The molecule has 6 rings (SSSR count). The quantitative estimate of drug-likeness (QED) is 0.626. The van der Waals surface area contributed by atoms with Gasteiger partial charge < -0.3 is 20.7 Å². The molecule has 1 spiro atoms. The van der Waals surface area contributed by atoms with E-state index in [9.17, 15) is 14.4 Å². The molecule has 4 aliphatic rings. The van der Waals surface area contributed by atoms with Crippen LogP contribution in [0.5, 0.6) is 0 Å². The Kier molecular flexibility index (Phi) is 4.87. The highest BCUT2D eigenvalue weighted by molar-refractivity contribution is 6.09. The van der Waals surface area contributed by atoms with Gasteiger partial charge in [0, 0.05) is 37.8 Å². The van der Waals surface area contributed by atoms with Gasteiger partial charge in [-0.25, -0.2) is 0 Å². The second-order valence-electron chi connectivity index (χ2n) is 10.7. The van der Waals surface area contributed by atoms with Gasteiger partial charge in [-0.1, -0.05) is 19.9 Å². The monoisotopic (exact) mass is 477 g/mol. The molecule has 3 N–H and O–H groups in total. The predicted molar refractivity (Wildman–Crippen MR) is 129 cm³/mol. The van der Waals surface area contributed by atoms with Crippen LogP contribution in [0.1, 0.15) is 49.2 Å². The first kappa shape index (κ1) is 22.3. The van der Waals surface area contributed by atoms with Crippen molar-refractivity contribution in [1.82, 2.24) is 15.1 Å². The highest BCUT2D eigenvalue weighted by Crippen LogP contribution is 2.65. The Bertz CT molecular complexity index is 1230. The van der Waals surface area contributed by atoms with Crippen molar-refractivity contribution in [2.45, 2.75) is 44.1 Å². The Morgan fingerprint density at radius 2 is 1.97 bits per heavy atom. The molecule has 0 radical (unpaired) electrons. The first-order chi connectivity index (χ1) is 16.8. The Labute approximate surface area is 204 Å². The maximum atomic E-state index is 13.8. The zero-order valence-electron chi connectivity index (χ0n) is 20.3. The first-order valence-corrected chi connectivity index (χ1v) is 12.4. The van der Waals surface area contributed by atoms with Crippen LogP contribution in [0.25, 0.3) is 0 Å². The van der Waals surface area contributed by atoms with Crippen LogP contribution in [0.4, 0.5) is 11.4 Å². The van der Waals surface area contributed by atoms with Crippen LogP contribution in [0.15, 0.2) is 30.5 Å². The van der Waals surface area contributed by atoms with Crippen LogP contribution < -0.4 is 16.0 Å². The molecule has 5 unspecified atom stereocenters. The highest BCUT2D eigenvalue weighted by Gasteiger charge is 2.75. The van der Waals surface area contributed by atoms with E-state index < -0.39 is 11.0 Å². The fourth-order valence-corrected chi connectivity index (χ4v) is 6.93. The number of carbonyl (C=O) groups is 3. The number of amides is 3. The minimum atomic E-state index is -0.947. The van der Waals surface area contributed by atoms with Crippen molar-refractivity contribution in [3.05, 3.63) is 41.7 Å². The average molecular weight is 478 g/mol. The molecule has 2 aliphatic carbocycles. The Hall–Kier alpha value is -3.20. The number of anilines is 2. The third kappa shape index (κ3) is 3.10. The van der Waals surface area contributed by atoms with Crippen LogP contribution in [-0.4, -0.2) is 46.3 Å². The SMILES string of the molecule is CC1CC2C(C1C)C2(NC(=O)c1ccnn1C)C(=O)Nc1ccc2c(c1)NC(=O)C21CCOCC1. The van der Waals surface area contributed by atoms with Crippen molar-refractivity contribution >= 4 is 29.1 Å². The van der Waals surface area contributed by atoms with Crippen LogP contribution in [0, 0.1) is 23.7 Å². The van der Waals surface area contributed by atoms with Crippen LogP contribution in [0.3, 0.4) is 0 Å². The molecule has 2 aromatic rings. The number of fused-ring (bicyclic) bond motifs is 3. The summed E-state index contributed by atoms with van der Waals surface area (Å²) in [5.41, 5.74) is 1.24. The number of rotatable bonds is 4. The third-order valence-electron chi connectivity index (χ3n) is 9.10. The first-order valence-electron chi connectivity index (χ1n) is 12.4. The fraction of sp³-hybridized carbons (Fsp3) is 0.538. The summed E-state index contributed by atoms with van der Waals surface area (Å²) < 4.78 is 7.00. The molecule has 2 saturated carbocycles. The van der Waals surface area contributed by atoms with Crippen LogP contribution >= 0.6 is 0 Å². The molecule has 9 nitrogen and oxygen atoms in total. The van der Waals surface area contributed by atoms with Crippen LogP contribution in [-0.2, 0) is 26.8 Å². The largest absolute Gasteiger partial charge is 0.381 e. The summed E-state index contributed by atoms with van der Waals surface area (Å²) in [4.78, 5) is 39.7. The lowest BCUT2D eigenvalue weighted by atomic mass is 9.75. The van der Waals surface area contributed by atoms with Crippen molar-refractivity contribution in [2.24, 2.45) is 30.7 Å². The zero-order chi connectivity index (χ0) is 24.5. The number of nitrogens with one attached hydrogen (secondary N) is 3. The maximum absolute atomic E-state index is 13.8. The fourth-order valence-electron chi connectivity index (χ4n) is 6.93. The van der Waals surface area contributed by atoms with Gasteiger partial charge in [-0.2, -0.15) is 5.10 Å². The minimum Gasteiger partial charge on any atom is -0.381 e. The second kappa shape index (κ2) is 7.65. The summed E-state index contributed by atoms with van der Waals surface area (Å²) in [5, 5.41) is 13.3. The van der Waals surface area contributed by atoms with Crippen molar-refractivity contribution < 1.29 is 19.1 Å². The maximum Gasteiger partial charge on any atom is 0.270 e. The molecule has 0 bridgehead atoms. The van der Waals surface area contributed by atoms with E-state index in [0.717, 1.165) is 17.7 Å². The molecular weight excluding hydrogens is 446 g/mol. The van der Waals surface area contributed by atoms with Gasteiger partial charge in [0.15, 0.2) is 0 Å². The molecule has 2 aliphatic heterocycles.